The molecule has 1 aromatic carbocycles. The second-order valence-electron chi connectivity index (χ2n) is 4.19. The van der Waals surface area contributed by atoms with Crippen molar-refractivity contribution in [2.75, 3.05) is 6.54 Å². The summed E-state index contributed by atoms with van der Waals surface area (Å²) in [4.78, 5) is 12.8. The number of aryl methyl sites for hydroxylation is 1. The Morgan fingerprint density at radius 2 is 2.12 bits per heavy atom. The van der Waals surface area contributed by atoms with Crippen LogP contribution in [0.2, 0.25) is 0 Å². The van der Waals surface area contributed by atoms with Gasteiger partial charge in [0.1, 0.15) is 0 Å². The van der Waals surface area contributed by atoms with Crippen molar-refractivity contribution in [3.05, 3.63) is 46.9 Å². The van der Waals surface area contributed by atoms with Crippen molar-refractivity contribution in [2.45, 2.75) is 13.8 Å². The van der Waals surface area contributed by atoms with Crippen LogP contribution in [0.4, 0.5) is 0 Å². The standard InChI is InChI=1S/C14H15NOS/c1-9(2)8-15-14(16)13-10(3)11-6-4-5-7-12(11)17-13/h4-7H,1,8H2,2-3H3,(H,15,16). The number of carbonyl (C=O) groups excluding carboxylic acids is 1. The minimum absolute atomic E-state index is 0.00769. The second kappa shape index (κ2) is 4.72. The summed E-state index contributed by atoms with van der Waals surface area (Å²) in [6, 6.07) is 8.09. The van der Waals surface area contributed by atoms with Crippen molar-refractivity contribution in [1.29, 1.82) is 0 Å². The molecule has 2 aromatic rings. The van der Waals surface area contributed by atoms with Crippen molar-refractivity contribution in [1.82, 2.24) is 5.32 Å². The van der Waals surface area contributed by atoms with Crippen LogP contribution in [-0.2, 0) is 0 Å². The van der Waals surface area contributed by atoms with Crippen molar-refractivity contribution in [2.24, 2.45) is 0 Å². The lowest BCUT2D eigenvalue weighted by molar-refractivity contribution is 0.0960. The van der Waals surface area contributed by atoms with Gasteiger partial charge in [0, 0.05) is 11.2 Å². The number of carbonyl (C=O) groups is 1. The maximum Gasteiger partial charge on any atom is 0.261 e. The predicted molar refractivity (Wildman–Crippen MR) is 73.7 cm³/mol. The Balaban J connectivity index is 2.32. The zero-order chi connectivity index (χ0) is 12.4. The zero-order valence-electron chi connectivity index (χ0n) is 10.0. The fraction of sp³-hybridized carbons (Fsp3) is 0.214. The predicted octanol–water partition coefficient (Wildman–Crippen LogP) is 3.52. The third kappa shape index (κ3) is 2.39. The number of rotatable bonds is 3. The Labute approximate surface area is 105 Å². The van der Waals surface area contributed by atoms with Crippen molar-refractivity contribution in [3.63, 3.8) is 0 Å². The van der Waals surface area contributed by atoms with E-state index in [2.05, 4.69) is 18.0 Å². The molecule has 1 heterocycles. The number of hydrogen-bond acceptors (Lipinski definition) is 2. The molecule has 1 N–H and O–H groups in total. The molecule has 2 nitrogen and oxygen atoms in total. The molecule has 0 unspecified atom stereocenters. The van der Waals surface area contributed by atoms with E-state index in [9.17, 15) is 4.79 Å². The first-order valence-corrected chi connectivity index (χ1v) is 6.32. The van der Waals surface area contributed by atoms with Gasteiger partial charge in [-0.25, -0.2) is 0 Å². The lowest BCUT2D eigenvalue weighted by Crippen LogP contribution is -2.24. The largest absolute Gasteiger partial charge is 0.348 e. The first-order chi connectivity index (χ1) is 8.09. The summed E-state index contributed by atoms with van der Waals surface area (Å²) < 4.78 is 1.16. The molecule has 0 fully saturated rings. The molecule has 17 heavy (non-hydrogen) atoms. The summed E-state index contributed by atoms with van der Waals surface area (Å²) in [5.41, 5.74) is 2.02. The minimum Gasteiger partial charge on any atom is -0.348 e. The van der Waals surface area contributed by atoms with Gasteiger partial charge < -0.3 is 5.32 Å². The molecule has 3 heteroatoms. The minimum atomic E-state index is -0.00769. The fourth-order valence-electron chi connectivity index (χ4n) is 1.70. The summed E-state index contributed by atoms with van der Waals surface area (Å²) >= 11 is 1.54. The molecular formula is C14H15NOS. The van der Waals surface area contributed by atoms with E-state index < -0.39 is 0 Å². The maximum atomic E-state index is 12.0. The molecule has 0 atom stereocenters. The summed E-state index contributed by atoms with van der Waals surface area (Å²) in [6.45, 7) is 8.20. The van der Waals surface area contributed by atoms with E-state index in [0.29, 0.717) is 6.54 Å². The van der Waals surface area contributed by atoms with E-state index in [1.54, 1.807) is 11.3 Å². The Morgan fingerprint density at radius 1 is 1.41 bits per heavy atom. The molecule has 0 aliphatic rings. The Hall–Kier alpha value is -1.61. The highest BCUT2D eigenvalue weighted by Gasteiger charge is 2.14. The van der Waals surface area contributed by atoms with Crippen LogP contribution in [0.1, 0.15) is 22.2 Å². The maximum absolute atomic E-state index is 12.0. The van der Waals surface area contributed by atoms with E-state index in [0.717, 1.165) is 26.1 Å². The van der Waals surface area contributed by atoms with E-state index in [-0.39, 0.29) is 5.91 Å². The van der Waals surface area contributed by atoms with Crippen LogP contribution in [0.5, 0.6) is 0 Å². The molecular weight excluding hydrogens is 230 g/mol. The molecule has 0 spiro atoms. The average molecular weight is 245 g/mol. The van der Waals surface area contributed by atoms with Crippen molar-refractivity contribution < 1.29 is 4.79 Å². The van der Waals surface area contributed by atoms with Crippen LogP contribution in [0.25, 0.3) is 10.1 Å². The van der Waals surface area contributed by atoms with Crippen molar-refractivity contribution >= 4 is 27.3 Å². The Kier molecular flexibility index (Phi) is 3.29. The van der Waals surface area contributed by atoms with Crippen LogP contribution in [0.15, 0.2) is 36.4 Å². The van der Waals surface area contributed by atoms with Gasteiger partial charge in [-0.1, -0.05) is 30.4 Å². The zero-order valence-corrected chi connectivity index (χ0v) is 10.9. The van der Waals surface area contributed by atoms with Gasteiger partial charge in [0.2, 0.25) is 0 Å². The third-order valence-electron chi connectivity index (χ3n) is 2.60. The first kappa shape index (κ1) is 11.9. The van der Waals surface area contributed by atoms with Gasteiger partial charge in [-0.05, 0) is 30.9 Å². The quantitative estimate of drug-likeness (QED) is 0.824. The highest BCUT2D eigenvalue weighted by molar-refractivity contribution is 7.21. The van der Waals surface area contributed by atoms with Crippen molar-refractivity contribution in [3.8, 4) is 0 Å². The van der Waals surface area contributed by atoms with Crippen LogP contribution in [0, 0.1) is 6.92 Å². The second-order valence-corrected chi connectivity index (χ2v) is 5.24. The molecule has 0 bridgehead atoms. The van der Waals surface area contributed by atoms with E-state index in [1.807, 2.05) is 32.0 Å². The lowest BCUT2D eigenvalue weighted by Gasteiger charge is -2.03. The summed E-state index contributed by atoms with van der Waals surface area (Å²) in [7, 11) is 0. The molecule has 0 aliphatic heterocycles. The highest BCUT2D eigenvalue weighted by atomic mass is 32.1. The Bertz CT molecular complexity index is 583. The van der Waals surface area contributed by atoms with Gasteiger partial charge in [0.05, 0.1) is 4.88 Å². The van der Waals surface area contributed by atoms with Gasteiger partial charge in [-0.3, -0.25) is 4.79 Å². The van der Waals surface area contributed by atoms with Crippen LogP contribution < -0.4 is 5.32 Å². The van der Waals surface area contributed by atoms with Crippen LogP contribution in [-0.4, -0.2) is 12.5 Å². The van der Waals surface area contributed by atoms with Gasteiger partial charge in [0.25, 0.3) is 5.91 Å². The smallest absolute Gasteiger partial charge is 0.261 e. The Morgan fingerprint density at radius 3 is 2.76 bits per heavy atom. The number of thiophene rings is 1. The summed E-state index contributed by atoms with van der Waals surface area (Å²) in [5.74, 6) is -0.00769. The van der Waals surface area contributed by atoms with Gasteiger partial charge in [-0.2, -0.15) is 0 Å². The molecule has 1 amide bonds. The molecule has 0 radical (unpaired) electrons. The number of benzene rings is 1. The van der Waals surface area contributed by atoms with E-state index in [4.69, 9.17) is 0 Å². The van der Waals surface area contributed by atoms with E-state index in [1.165, 1.54) is 0 Å². The molecule has 1 aromatic heterocycles. The number of fused-ring (bicyclic) bond motifs is 1. The highest BCUT2D eigenvalue weighted by Crippen LogP contribution is 2.30. The van der Waals surface area contributed by atoms with Gasteiger partial charge in [0.15, 0.2) is 0 Å². The molecule has 2 rings (SSSR count). The third-order valence-corrected chi connectivity index (χ3v) is 3.87. The molecule has 0 saturated heterocycles. The summed E-state index contributed by atoms with van der Waals surface area (Å²) in [6.07, 6.45) is 0. The number of hydrogen-bond donors (Lipinski definition) is 1. The summed E-state index contributed by atoms with van der Waals surface area (Å²) in [5, 5.41) is 4.04. The lowest BCUT2D eigenvalue weighted by atomic mass is 10.1. The normalized spacial score (nSPS) is 10.5. The SMILES string of the molecule is C=C(C)CNC(=O)c1sc2ccccc2c1C. The molecule has 88 valence electrons. The van der Waals surface area contributed by atoms with Crippen LogP contribution in [0.3, 0.4) is 0 Å². The van der Waals surface area contributed by atoms with Gasteiger partial charge in [-0.15, -0.1) is 11.3 Å². The topological polar surface area (TPSA) is 29.1 Å². The molecule has 0 aliphatic carbocycles. The van der Waals surface area contributed by atoms with E-state index >= 15 is 0 Å². The molecule has 0 saturated carbocycles. The van der Waals surface area contributed by atoms with Crippen LogP contribution >= 0.6 is 11.3 Å². The number of nitrogens with one attached hydrogen (secondary N) is 1. The fourth-order valence-corrected chi connectivity index (χ4v) is 2.83. The monoisotopic (exact) mass is 245 g/mol. The number of amides is 1. The first-order valence-electron chi connectivity index (χ1n) is 5.50. The van der Waals surface area contributed by atoms with Gasteiger partial charge >= 0.3 is 0 Å². The average Bonchev–Trinajstić information content (AvgIpc) is 2.64.